The fourth-order valence-electron chi connectivity index (χ4n) is 4.01. The van der Waals surface area contributed by atoms with Crippen LogP contribution in [0.3, 0.4) is 0 Å². The maximum atomic E-state index is 12.7. The summed E-state index contributed by atoms with van der Waals surface area (Å²) in [7, 11) is 0. The number of carbonyl (C=O) groups excluding carboxylic acids is 1. The number of nitrogens with one attached hydrogen (secondary N) is 1. The Kier molecular flexibility index (Phi) is 5.91. The van der Waals surface area contributed by atoms with Crippen LogP contribution in [0.5, 0.6) is 5.75 Å². The van der Waals surface area contributed by atoms with Crippen LogP contribution >= 0.6 is 0 Å². The maximum absolute atomic E-state index is 12.7. The second kappa shape index (κ2) is 8.20. The highest BCUT2D eigenvalue weighted by Crippen LogP contribution is 2.32. The van der Waals surface area contributed by atoms with Gasteiger partial charge in [-0.25, -0.2) is 0 Å². The van der Waals surface area contributed by atoms with Gasteiger partial charge in [0.15, 0.2) is 0 Å². The van der Waals surface area contributed by atoms with Gasteiger partial charge in [-0.05, 0) is 49.3 Å². The number of hydrogen-bond donors (Lipinski definition) is 1. The van der Waals surface area contributed by atoms with Crippen molar-refractivity contribution in [2.24, 2.45) is 0 Å². The zero-order chi connectivity index (χ0) is 20.3. The summed E-state index contributed by atoms with van der Waals surface area (Å²) in [5, 5.41) is 21.8. The van der Waals surface area contributed by atoms with Crippen molar-refractivity contribution in [1.82, 2.24) is 10.2 Å². The Morgan fingerprint density at radius 2 is 2.07 bits per heavy atom. The van der Waals surface area contributed by atoms with E-state index in [9.17, 15) is 15.3 Å². The SMILES string of the molecule is CC(C)(C)c1cc(C#N)ccc1OC[C@H]1CC[C@@H](C(=O)N2CCC[C@H]2C#N)N1. The highest BCUT2D eigenvalue weighted by Gasteiger charge is 2.37. The normalized spacial score (nSPS) is 24.6. The van der Waals surface area contributed by atoms with Crippen molar-refractivity contribution in [2.75, 3.05) is 13.2 Å². The van der Waals surface area contributed by atoms with E-state index in [0.29, 0.717) is 18.7 Å². The van der Waals surface area contributed by atoms with E-state index in [1.807, 2.05) is 12.1 Å². The van der Waals surface area contributed by atoms with E-state index in [0.717, 1.165) is 37.0 Å². The molecule has 28 heavy (non-hydrogen) atoms. The number of ether oxygens (including phenoxy) is 1. The lowest BCUT2D eigenvalue weighted by atomic mass is 9.85. The molecule has 0 radical (unpaired) electrons. The Morgan fingerprint density at radius 1 is 1.29 bits per heavy atom. The molecule has 1 aromatic carbocycles. The molecule has 0 bridgehead atoms. The summed E-state index contributed by atoms with van der Waals surface area (Å²) in [6.07, 6.45) is 3.30. The van der Waals surface area contributed by atoms with Gasteiger partial charge in [0.1, 0.15) is 18.4 Å². The fraction of sp³-hybridized carbons (Fsp3) is 0.591. The number of nitrogens with zero attached hydrogens (tertiary/aromatic N) is 3. The maximum Gasteiger partial charge on any atom is 0.240 e. The summed E-state index contributed by atoms with van der Waals surface area (Å²) in [4.78, 5) is 14.5. The molecular weight excluding hydrogens is 352 g/mol. The van der Waals surface area contributed by atoms with Crippen molar-refractivity contribution < 1.29 is 9.53 Å². The minimum atomic E-state index is -0.280. The number of benzene rings is 1. The number of carbonyl (C=O) groups is 1. The van der Waals surface area contributed by atoms with Crippen LogP contribution in [0.15, 0.2) is 18.2 Å². The second-order valence-electron chi connectivity index (χ2n) is 8.70. The number of rotatable bonds is 4. The highest BCUT2D eigenvalue weighted by molar-refractivity contribution is 5.83. The summed E-state index contributed by atoms with van der Waals surface area (Å²) < 4.78 is 6.09. The summed E-state index contributed by atoms with van der Waals surface area (Å²) in [6.45, 7) is 7.44. The summed E-state index contributed by atoms with van der Waals surface area (Å²) >= 11 is 0. The minimum absolute atomic E-state index is 0.0419. The molecule has 2 saturated heterocycles. The lowest BCUT2D eigenvalue weighted by Gasteiger charge is -2.25. The van der Waals surface area contributed by atoms with Crippen molar-refractivity contribution in [3.63, 3.8) is 0 Å². The number of likely N-dealkylation sites (tertiary alicyclic amines) is 1. The molecule has 2 heterocycles. The van der Waals surface area contributed by atoms with Gasteiger partial charge in [0.05, 0.1) is 23.7 Å². The number of hydrogen-bond acceptors (Lipinski definition) is 5. The zero-order valence-electron chi connectivity index (χ0n) is 16.9. The van der Waals surface area contributed by atoms with Crippen molar-refractivity contribution in [3.8, 4) is 17.9 Å². The molecule has 0 saturated carbocycles. The van der Waals surface area contributed by atoms with Crippen LogP contribution < -0.4 is 10.1 Å². The monoisotopic (exact) mass is 380 g/mol. The van der Waals surface area contributed by atoms with Crippen LogP contribution in [0.2, 0.25) is 0 Å². The third kappa shape index (κ3) is 4.29. The zero-order valence-corrected chi connectivity index (χ0v) is 16.9. The van der Waals surface area contributed by atoms with E-state index in [-0.39, 0.29) is 29.4 Å². The first-order chi connectivity index (χ1) is 13.3. The number of nitriles is 2. The van der Waals surface area contributed by atoms with Crippen molar-refractivity contribution in [2.45, 2.75) is 70.0 Å². The van der Waals surface area contributed by atoms with Crippen molar-refractivity contribution in [3.05, 3.63) is 29.3 Å². The largest absolute Gasteiger partial charge is 0.492 e. The summed E-state index contributed by atoms with van der Waals surface area (Å²) in [5.74, 6) is 0.826. The summed E-state index contributed by atoms with van der Waals surface area (Å²) in [5.41, 5.74) is 1.50. The average Bonchev–Trinajstić information content (AvgIpc) is 3.34. The van der Waals surface area contributed by atoms with Gasteiger partial charge < -0.3 is 9.64 Å². The Labute approximate surface area is 167 Å². The summed E-state index contributed by atoms with van der Waals surface area (Å²) in [6, 6.07) is 9.53. The standard InChI is InChI=1S/C22H28N4O2/c1-22(2,3)18-11-15(12-23)6-9-20(18)28-14-16-7-8-19(25-16)21(27)26-10-4-5-17(26)13-24/h6,9,11,16-17,19,25H,4-5,7-8,10,14H2,1-3H3/t16-,17+,19+/m1/s1. The van der Waals surface area contributed by atoms with E-state index in [2.05, 4.69) is 38.2 Å². The third-order valence-electron chi connectivity index (χ3n) is 5.58. The van der Waals surface area contributed by atoms with Gasteiger partial charge in [0, 0.05) is 18.2 Å². The van der Waals surface area contributed by atoms with Crippen LogP contribution in [-0.4, -0.2) is 42.1 Å². The molecule has 2 aliphatic heterocycles. The van der Waals surface area contributed by atoms with Gasteiger partial charge >= 0.3 is 0 Å². The van der Waals surface area contributed by atoms with E-state index < -0.39 is 0 Å². The van der Waals surface area contributed by atoms with Gasteiger partial charge in [0.2, 0.25) is 5.91 Å². The minimum Gasteiger partial charge on any atom is -0.492 e. The van der Waals surface area contributed by atoms with Crippen LogP contribution in [0.25, 0.3) is 0 Å². The molecule has 0 unspecified atom stereocenters. The van der Waals surface area contributed by atoms with Crippen LogP contribution in [0.4, 0.5) is 0 Å². The quantitative estimate of drug-likeness (QED) is 0.867. The van der Waals surface area contributed by atoms with Crippen LogP contribution in [-0.2, 0) is 10.2 Å². The van der Waals surface area contributed by atoms with Crippen LogP contribution in [0, 0.1) is 22.7 Å². The Hall–Kier alpha value is -2.57. The van der Waals surface area contributed by atoms with E-state index in [1.165, 1.54) is 0 Å². The second-order valence-corrected chi connectivity index (χ2v) is 8.70. The van der Waals surface area contributed by atoms with E-state index in [4.69, 9.17) is 4.74 Å². The van der Waals surface area contributed by atoms with Gasteiger partial charge in [-0.15, -0.1) is 0 Å². The van der Waals surface area contributed by atoms with Crippen LogP contribution in [0.1, 0.15) is 57.6 Å². The Morgan fingerprint density at radius 3 is 2.75 bits per heavy atom. The third-order valence-corrected chi connectivity index (χ3v) is 5.58. The fourth-order valence-corrected chi connectivity index (χ4v) is 4.01. The van der Waals surface area contributed by atoms with Gasteiger partial charge in [-0.1, -0.05) is 20.8 Å². The van der Waals surface area contributed by atoms with Crippen molar-refractivity contribution >= 4 is 5.91 Å². The molecule has 6 nitrogen and oxygen atoms in total. The van der Waals surface area contributed by atoms with E-state index in [1.54, 1.807) is 11.0 Å². The van der Waals surface area contributed by atoms with Gasteiger partial charge in [0.25, 0.3) is 0 Å². The molecule has 1 N–H and O–H groups in total. The van der Waals surface area contributed by atoms with E-state index >= 15 is 0 Å². The average molecular weight is 380 g/mol. The smallest absolute Gasteiger partial charge is 0.240 e. The Bertz CT molecular complexity index is 815. The molecule has 6 heteroatoms. The molecule has 148 valence electrons. The molecule has 3 atom stereocenters. The predicted octanol–water partition coefficient (Wildman–Crippen LogP) is 2.87. The molecule has 2 fully saturated rings. The topological polar surface area (TPSA) is 89.2 Å². The lowest BCUT2D eigenvalue weighted by Crippen LogP contribution is -2.47. The molecule has 0 spiro atoms. The molecule has 3 rings (SSSR count). The first-order valence-electron chi connectivity index (χ1n) is 9.97. The first kappa shape index (κ1) is 20.2. The number of amides is 1. The molecule has 0 aliphatic carbocycles. The highest BCUT2D eigenvalue weighted by atomic mass is 16.5. The Balaban J connectivity index is 1.61. The molecule has 1 aromatic rings. The first-order valence-corrected chi connectivity index (χ1v) is 9.97. The molecule has 2 aliphatic rings. The van der Waals surface area contributed by atoms with Gasteiger partial charge in [-0.2, -0.15) is 10.5 Å². The lowest BCUT2D eigenvalue weighted by molar-refractivity contribution is -0.133. The van der Waals surface area contributed by atoms with Crippen molar-refractivity contribution in [1.29, 1.82) is 10.5 Å². The predicted molar refractivity (Wildman–Crippen MR) is 106 cm³/mol. The molecule has 1 amide bonds. The molecule has 0 aromatic heterocycles. The van der Waals surface area contributed by atoms with Gasteiger partial charge in [-0.3, -0.25) is 10.1 Å². The molecular formula is C22H28N4O2.